The zero-order chi connectivity index (χ0) is 16.7. The second-order valence-electron chi connectivity index (χ2n) is 7.03. The van der Waals surface area contributed by atoms with Crippen LogP contribution in [0.3, 0.4) is 0 Å². The van der Waals surface area contributed by atoms with Gasteiger partial charge in [-0.05, 0) is 30.9 Å². The molecule has 2 atom stereocenters. The van der Waals surface area contributed by atoms with Crippen molar-refractivity contribution in [2.24, 2.45) is 11.3 Å². The van der Waals surface area contributed by atoms with Crippen molar-refractivity contribution in [3.05, 3.63) is 30.1 Å². The van der Waals surface area contributed by atoms with Crippen LogP contribution in [0.4, 0.5) is 0 Å². The normalized spacial score (nSPS) is 26.0. The van der Waals surface area contributed by atoms with E-state index in [2.05, 4.69) is 9.97 Å². The fraction of sp³-hybridized carbons (Fsp3) is 0.500. The lowest BCUT2D eigenvalue weighted by Crippen LogP contribution is -2.37. The van der Waals surface area contributed by atoms with Crippen molar-refractivity contribution >= 4 is 22.9 Å². The number of carbonyl (C=O) groups is 2. The van der Waals surface area contributed by atoms with Gasteiger partial charge in [-0.3, -0.25) is 9.59 Å². The molecule has 2 fully saturated rings. The topological polar surface area (TPSA) is 86.3 Å². The van der Waals surface area contributed by atoms with Crippen LogP contribution in [0.5, 0.6) is 0 Å². The van der Waals surface area contributed by atoms with E-state index >= 15 is 0 Å². The lowest BCUT2D eigenvalue weighted by atomic mass is 9.81. The van der Waals surface area contributed by atoms with Gasteiger partial charge in [0.1, 0.15) is 5.82 Å². The average molecular weight is 327 g/mol. The van der Waals surface area contributed by atoms with E-state index in [1.807, 2.05) is 24.3 Å². The molecule has 6 heteroatoms. The van der Waals surface area contributed by atoms with Crippen LogP contribution < -0.4 is 0 Å². The van der Waals surface area contributed by atoms with E-state index in [1.165, 1.54) is 0 Å². The van der Waals surface area contributed by atoms with E-state index in [0.717, 1.165) is 29.7 Å². The summed E-state index contributed by atoms with van der Waals surface area (Å²) in [6.07, 6.45) is 3.48. The van der Waals surface area contributed by atoms with E-state index in [9.17, 15) is 14.7 Å². The molecule has 0 bridgehead atoms. The number of fused-ring (bicyclic) bond motifs is 2. The minimum atomic E-state index is -0.738. The van der Waals surface area contributed by atoms with Gasteiger partial charge in [-0.15, -0.1) is 0 Å². The molecule has 1 aliphatic carbocycles. The quantitative estimate of drug-likeness (QED) is 0.901. The SMILES string of the molecule is O=C(CCc1nc2ccccc2[nH]1)N1C[C@@H]2CCC[C@@]2(C(=O)O)C1. The average Bonchev–Trinajstić information content (AvgIpc) is 3.23. The number of hydrogen-bond donors (Lipinski definition) is 2. The van der Waals surface area contributed by atoms with Crippen molar-refractivity contribution in [2.75, 3.05) is 13.1 Å². The van der Waals surface area contributed by atoms with Crippen LogP contribution in [0.1, 0.15) is 31.5 Å². The van der Waals surface area contributed by atoms with Crippen molar-refractivity contribution in [1.29, 1.82) is 0 Å². The van der Waals surface area contributed by atoms with E-state index in [-0.39, 0.29) is 11.8 Å². The Hall–Kier alpha value is -2.37. The number of para-hydroxylation sites is 2. The number of nitrogens with zero attached hydrogens (tertiary/aromatic N) is 2. The van der Waals surface area contributed by atoms with Gasteiger partial charge in [0.05, 0.1) is 16.4 Å². The number of H-pyrrole nitrogens is 1. The second kappa shape index (κ2) is 5.61. The van der Waals surface area contributed by atoms with Crippen molar-refractivity contribution in [3.63, 3.8) is 0 Å². The zero-order valence-electron chi connectivity index (χ0n) is 13.5. The summed E-state index contributed by atoms with van der Waals surface area (Å²) in [4.78, 5) is 33.7. The Labute approximate surface area is 139 Å². The van der Waals surface area contributed by atoms with Gasteiger partial charge in [0.25, 0.3) is 0 Å². The summed E-state index contributed by atoms with van der Waals surface area (Å²) in [7, 11) is 0. The fourth-order valence-corrected chi connectivity index (χ4v) is 4.34. The maximum atomic E-state index is 12.5. The monoisotopic (exact) mass is 327 g/mol. The van der Waals surface area contributed by atoms with E-state index in [4.69, 9.17) is 0 Å². The van der Waals surface area contributed by atoms with Crippen LogP contribution in [0.15, 0.2) is 24.3 Å². The molecular weight excluding hydrogens is 306 g/mol. The highest BCUT2D eigenvalue weighted by atomic mass is 16.4. The molecule has 1 aromatic heterocycles. The maximum Gasteiger partial charge on any atom is 0.311 e. The maximum absolute atomic E-state index is 12.5. The summed E-state index contributed by atoms with van der Waals surface area (Å²) in [5.41, 5.74) is 1.18. The first-order valence-electron chi connectivity index (χ1n) is 8.53. The van der Waals surface area contributed by atoms with Crippen LogP contribution >= 0.6 is 0 Å². The van der Waals surface area contributed by atoms with Crippen LogP contribution in [0.25, 0.3) is 11.0 Å². The Morgan fingerprint density at radius 3 is 2.96 bits per heavy atom. The number of nitrogens with one attached hydrogen (secondary N) is 1. The number of carboxylic acids is 1. The molecule has 0 radical (unpaired) electrons. The Morgan fingerprint density at radius 2 is 2.21 bits per heavy atom. The van der Waals surface area contributed by atoms with Gasteiger partial charge in [0.2, 0.25) is 5.91 Å². The number of carboxylic acid groups (broad SMARTS) is 1. The number of aryl methyl sites for hydroxylation is 1. The van der Waals surface area contributed by atoms with Crippen molar-refractivity contribution in [3.8, 4) is 0 Å². The van der Waals surface area contributed by atoms with Crippen LogP contribution in [-0.2, 0) is 16.0 Å². The summed E-state index contributed by atoms with van der Waals surface area (Å²) >= 11 is 0. The van der Waals surface area contributed by atoms with Gasteiger partial charge < -0.3 is 15.0 Å². The highest BCUT2D eigenvalue weighted by Gasteiger charge is 2.55. The summed E-state index contributed by atoms with van der Waals surface area (Å²) in [6.45, 7) is 0.956. The number of hydrogen-bond acceptors (Lipinski definition) is 3. The van der Waals surface area contributed by atoms with E-state index in [0.29, 0.717) is 32.4 Å². The molecule has 126 valence electrons. The van der Waals surface area contributed by atoms with Crippen molar-refractivity contribution < 1.29 is 14.7 Å². The number of aromatic amines is 1. The molecule has 1 aromatic carbocycles. The Bertz CT molecular complexity index is 767. The van der Waals surface area contributed by atoms with Crippen molar-refractivity contribution in [2.45, 2.75) is 32.1 Å². The predicted molar refractivity (Wildman–Crippen MR) is 88.4 cm³/mol. The standard InChI is InChI=1S/C18H21N3O3/c22-16(8-7-15-19-13-5-1-2-6-14(13)20-15)21-10-12-4-3-9-18(12,11-21)17(23)24/h1-2,5-6,12H,3-4,7-11H2,(H,19,20)(H,23,24)/t12-,18+/m0/s1. The lowest BCUT2D eigenvalue weighted by molar-refractivity contribution is -0.149. The number of carbonyl (C=O) groups excluding carboxylic acids is 1. The molecular formula is C18H21N3O3. The molecule has 0 unspecified atom stereocenters. The second-order valence-corrected chi connectivity index (χ2v) is 7.03. The molecule has 2 heterocycles. The third kappa shape index (κ3) is 2.37. The first-order valence-corrected chi connectivity index (χ1v) is 8.53. The van der Waals surface area contributed by atoms with Crippen LogP contribution in [-0.4, -0.2) is 44.9 Å². The van der Waals surface area contributed by atoms with Crippen LogP contribution in [0.2, 0.25) is 0 Å². The molecule has 1 saturated carbocycles. The number of benzene rings is 1. The van der Waals surface area contributed by atoms with Crippen LogP contribution in [0, 0.1) is 11.3 Å². The number of likely N-dealkylation sites (tertiary alicyclic amines) is 1. The minimum Gasteiger partial charge on any atom is -0.481 e. The number of rotatable bonds is 4. The highest BCUT2D eigenvalue weighted by Crippen LogP contribution is 2.48. The van der Waals surface area contributed by atoms with Crippen molar-refractivity contribution in [1.82, 2.24) is 14.9 Å². The first kappa shape index (κ1) is 15.2. The van der Waals surface area contributed by atoms with Gasteiger partial charge in [-0.1, -0.05) is 18.6 Å². The highest BCUT2D eigenvalue weighted by molar-refractivity contribution is 5.81. The molecule has 1 amide bonds. The van der Waals surface area contributed by atoms with Gasteiger partial charge in [0.15, 0.2) is 0 Å². The fourth-order valence-electron chi connectivity index (χ4n) is 4.34. The molecule has 4 rings (SSSR count). The molecule has 2 aliphatic rings. The summed E-state index contributed by atoms with van der Waals surface area (Å²) in [5.74, 6) is 0.213. The number of aromatic nitrogens is 2. The lowest BCUT2D eigenvalue weighted by Gasteiger charge is -2.23. The number of aliphatic carboxylic acids is 1. The summed E-state index contributed by atoms with van der Waals surface area (Å²) in [5, 5.41) is 9.61. The predicted octanol–water partition coefficient (Wildman–Crippen LogP) is 2.21. The van der Waals surface area contributed by atoms with Gasteiger partial charge >= 0.3 is 5.97 Å². The number of imidazole rings is 1. The van der Waals surface area contributed by atoms with Gasteiger partial charge in [-0.25, -0.2) is 4.98 Å². The molecule has 24 heavy (non-hydrogen) atoms. The summed E-state index contributed by atoms with van der Waals surface area (Å²) in [6, 6.07) is 7.79. The Balaban J connectivity index is 1.41. The minimum absolute atomic E-state index is 0.0329. The Kier molecular flexibility index (Phi) is 3.55. The molecule has 1 aliphatic heterocycles. The zero-order valence-corrected chi connectivity index (χ0v) is 13.5. The van der Waals surface area contributed by atoms with E-state index < -0.39 is 11.4 Å². The summed E-state index contributed by atoms with van der Waals surface area (Å²) < 4.78 is 0. The smallest absolute Gasteiger partial charge is 0.311 e. The molecule has 0 spiro atoms. The molecule has 2 N–H and O–H groups in total. The third-order valence-corrected chi connectivity index (χ3v) is 5.66. The largest absolute Gasteiger partial charge is 0.481 e. The molecule has 2 aromatic rings. The third-order valence-electron chi connectivity index (χ3n) is 5.66. The van der Waals surface area contributed by atoms with Gasteiger partial charge in [0, 0.05) is 25.9 Å². The molecule has 6 nitrogen and oxygen atoms in total. The molecule has 1 saturated heterocycles. The van der Waals surface area contributed by atoms with E-state index in [1.54, 1.807) is 4.90 Å². The first-order chi connectivity index (χ1) is 11.6. The van der Waals surface area contributed by atoms with Gasteiger partial charge in [-0.2, -0.15) is 0 Å². The number of amides is 1. The Morgan fingerprint density at radius 1 is 1.38 bits per heavy atom.